The molecule has 0 N–H and O–H groups in total. The molecule has 2 aliphatic carbocycles. The summed E-state index contributed by atoms with van der Waals surface area (Å²) in [6.45, 7) is 4.52. The standard InChI is InChI=1S/2C22H17.C12H9Si.Zr/c2*1-16-8-5-6-12-20(16)21-13-7-11-18-14-19(15-22(18)21)17-9-3-2-4-10-17;1-3-7-11-9(5-1)10-6-2-4-8-12(10)13-11;/h2*2-15H,1H3;1-7H,13H2;. The van der Waals surface area contributed by atoms with E-state index in [-0.39, 0.29) is 0 Å². The number of hydrogen-bond acceptors (Lipinski definition) is 0. The maximum atomic E-state index is 2.61. The fourth-order valence-electron chi connectivity index (χ4n) is 10.4. The molecule has 2 heteroatoms. The predicted octanol–water partition coefficient (Wildman–Crippen LogP) is 11.6. The van der Waals surface area contributed by atoms with Crippen molar-refractivity contribution in [3.63, 3.8) is 0 Å². The Morgan fingerprint density at radius 3 is 1.34 bits per heavy atom. The molecule has 8 aromatic carbocycles. The molecule has 0 nitrogen and oxygen atoms in total. The summed E-state index contributed by atoms with van der Waals surface area (Å²) in [5.74, 6) is 0. The summed E-state index contributed by atoms with van der Waals surface area (Å²) in [5, 5.41) is 3.29. The van der Waals surface area contributed by atoms with E-state index < -0.39 is 31.3 Å². The van der Waals surface area contributed by atoms with Crippen LogP contribution in [0.3, 0.4) is 0 Å². The molecule has 58 heavy (non-hydrogen) atoms. The fourth-order valence-corrected chi connectivity index (χ4v) is 24.2. The van der Waals surface area contributed by atoms with Gasteiger partial charge in [0.2, 0.25) is 0 Å². The van der Waals surface area contributed by atoms with Crippen molar-refractivity contribution in [3.8, 4) is 33.4 Å². The number of hydrogen-bond donors (Lipinski definition) is 0. The van der Waals surface area contributed by atoms with Crippen molar-refractivity contribution in [2.45, 2.75) is 21.1 Å². The van der Waals surface area contributed by atoms with Crippen molar-refractivity contribution in [1.29, 1.82) is 0 Å². The van der Waals surface area contributed by atoms with Crippen LogP contribution in [0, 0.1) is 13.8 Å². The van der Waals surface area contributed by atoms with Crippen molar-refractivity contribution in [3.05, 3.63) is 233 Å². The third kappa shape index (κ3) is 5.80. The Kier molecular flexibility index (Phi) is 8.95. The van der Waals surface area contributed by atoms with E-state index in [0.29, 0.717) is 7.25 Å². The zero-order valence-electron chi connectivity index (χ0n) is 32.9. The van der Waals surface area contributed by atoms with Crippen LogP contribution in [0.1, 0.15) is 51.8 Å². The van der Waals surface area contributed by atoms with Gasteiger partial charge >= 0.3 is 355 Å². The van der Waals surface area contributed by atoms with E-state index in [1.807, 2.05) is 0 Å². The molecule has 0 saturated carbocycles. The van der Waals surface area contributed by atoms with Crippen LogP contribution >= 0.6 is 0 Å². The molecule has 3 aliphatic rings. The Morgan fingerprint density at radius 1 is 0.379 bits per heavy atom. The second-order valence-electron chi connectivity index (χ2n) is 16.2. The maximum absolute atomic E-state index is 3.11. The summed E-state index contributed by atoms with van der Waals surface area (Å²) in [6, 6.07) is 71.8. The molecule has 0 bridgehead atoms. The molecule has 1 heterocycles. The quantitative estimate of drug-likeness (QED) is 0.140. The Bertz CT molecular complexity index is 2800. The van der Waals surface area contributed by atoms with Crippen molar-refractivity contribution in [1.82, 2.24) is 0 Å². The van der Waals surface area contributed by atoms with Gasteiger partial charge in [0.15, 0.2) is 0 Å². The molecular weight excluding hydrogens is 792 g/mol. The van der Waals surface area contributed by atoms with E-state index in [0.717, 1.165) is 0 Å². The van der Waals surface area contributed by atoms with E-state index >= 15 is 0 Å². The van der Waals surface area contributed by atoms with Gasteiger partial charge in [-0.2, -0.15) is 0 Å². The molecule has 8 aromatic rings. The molecule has 1 aliphatic heterocycles. The first-order valence-corrected chi connectivity index (χ1v) is 26.1. The molecule has 0 fully saturated rings. The number of benzene rings is 8. The van der Waals surface area contributed by atoms with Gasteiger partial charge < -0.3 is 0 Å². The summed E-state index contributed by atoms with van der Waals surface area (Å²) in [4.78, 5) is 0. The molecule has 2 unspecified atom stereocenters. The Labute approximate surface area is 352 Å². The van der Waals surface area contributed by atoms with Gasteiger partial charge in [0, 0.05) is 0 Å². The van der Waals surface area contributed by atoms with Gasteiger partial charge in [0.1, 0.15) is 0 Å². The average Bonchev–Trinajstić information content (AvgIpc) is 3.98. The van der Waals surface area contributed by atoms with Crippen LogP contribution in [0.15, 0.2) is 188 Å². The normalized spacial score (nSPS) is 16.3. The number of allylic oxidation sites excluding steroid dienone is 2. The van der Waals surface area contributed by atoms with E-state index in [4.69, 9.17) is 0 Å². The molecule has 0 radical (unpaired) electrons. The van der Waals surface area contributed by atoms with Crippen LogP contribution in [0.2, 0.25) is 0 Å². The van der Waals surface area contributed by atoms with Crippen LogP contribution in [-0.4, -0.2) is 9.52 Å². The third-order valence-electron chi connectivity index (χ3n) is 13.0. The first-order chi connectivity index (χ1) is 28.6. The topological polar surface area (TPSA) is 0 Å². The number of aryl methyl sites for hydroxylation is 2. The number of rotatable bonds is 7. The third-order valence-corrected chi connectivity index (χ3v) is 24.8. The summed E-state index contributed by atoms with van der Waals surface area (Å²) < 4.78 is 2.32. The molecule has 2 atom stereocenters. The van der Waals surface area contributed by atoms with Gasteiger partial charge in [-0.05, 0) is 0 Å². The zero-order chi connectivity index (χ0) is 38.7. The van der Waals surface area contributed by atoms with Crippen LogP contribution in [0.25, 0.3) is 56.7 Å². The summed E-state index contributed by atoms with van der Waals surface area (Å²) in [5.41, 5.74) is 22.5. The van der Waals surface area contributed by atoms with Crippen molar-refractivity contribution in [2.24, 2.45) is 0 Å². The second-order valence-corrected chi connectivity index (χ2v) is 24.4. The van der Waals surface area contributed by atoms with E-state index in [1.54, 1.807) is 13.6 Å². The Balaban J connectivity index is 1.23. The fraction of sp³-hybridized carbons (Fsp3) is 0.0714. The van der Waals surface area contributed by atoms with Crippen LogP contribution in [0.4, 0.5) is 0 Å². The van der Waals surface area contributed by atoms with E-state index in [9.17, 15) is 0 Å². The predicted molar refractivity (Wildman–Crippen MR) is 247 cm³/mol. The van der Waals surface area contributed by atoms with E-state index in [2.05, 4.69) is 214 Å². The van der Waals surface area contributed by atoms with Crippen LogP contribution in [-0.2, 0) is 21.8 Å². The monoisotopic (exact) mass is 833 g/mol. The molecule has 0 spiro atoms. The molecule has 275 valence electrons. The first-order valence-electron chi connectivity index (χ1n) is 20.6. The second kappa shape index (κ2) is 14.6. The molecule has 11 rings (SSSR count). The summed E-state index contributed by atoms with van der Waals surface area (Å²) in [6.07, 6.45) is 5.22. The molecule has 0 amide bonds. The number of fused-ring (bicyclic) bond motifs is 5. The summed E-state index contributed by atoms with van der Waals surface area (Å²) in [7, 11) is -0.696. The van der Waals surface area contributed by atoms with Crippen LogP contribution in [0.5, 0.6) is 0 Å². The van der Waals surface area contributed by atoms with E-state index in [1.165, 1.54) is 89.0 Å². The van der Waals surface area contributed by atoms with Gasteiger partial charge in [0.25, 0.3) is 0 Å². The minimum atomic E-state index is -3.11. The van der Waals surface area contributed by atoms with Crippen LogP contribution < -0.4 is 13.6 Å². The zero-order valence-corrected chi connectivity index (χ0v) is 36.8. The molecule has 0 saturated heterocycles. The average molecular weight is 835 g/mol. The molecule has 0 aromatic heterocycles. The Hall–Kier alpha value is -5.66. The van der Waals surface area contributed by atoms with Gasteiger partial charge in [-0.3, -0.25) is 0 Å². The van der Waals surface area contributed by atoms with Crippen molar-refractivity contribution in [2.75, 3.05) is 0 Å². The van der Waals surface area contributed by atoms with Crippen molar-refractivity contribution < 1.29 is 21.8 Å². The van der Waals surface area contributed by atoms with Gasteiger partial charge in [-0.25, -0.2) is 0 Å². The first kappa shape index (κ1) is 35.5. The minimum absolute atomic E-state index is 0.304. The van der Waals surface area contributed by atoms with Crippen molar-refractivity contribution >= 4 is 46.5 Å². The van der Waals surface area contributed by atoms with Gasteiger partial charge in [0.05, 0.1) is 0 Å². The Morgan fingerprint density at radius 2 is 0.810 bits per heavy atom. The summed E-state index contributed by atoms with van der Waals surface area (Å²) >= 11 is -3.11. The molecular formula is C56H43SiZr. The van der Waals surface area contributed by atoms with Gasteiger partial charge in [-0.1, -0.05) is 0 Å². The SMILES string of the molecule is Cc1ccccc1-c1cccc2c1C=C(c1ccccc1)[CH]2[Zr]([c]1cccc2c1[SiH2]c1ccccc1-2)[CH]1C(c2ccccc2)=Cc2c(-c3ccccc3C)cccc21. The van der Waals surface area contributed by atoms with Gasteiger partial charge in [-0.15, -0.1) is 0 Å².